The lowest BCUT2D eigenvalue weighted by atomic mass is 9.74. The third kappa shape index (κ3) is 1.76. The fourth-order valence-electron chi connectivity index (χ4n) is 3.25. The molecule has 1 saturated carbocycles. The number of ether oxygens (including phenoxy) is 1. The van der Waals surface area contributed by atoms with Gasteiger partial charge in [-0.1, -0.05) is 13.8 Å². The lowest BCUT2D eigenvalue weighted by molar-refractivity contribution is -0.144. The summed E-state index contributed by atoms with van der Waals surface area (Å²) in [4.78, 5) is 11.6. The van der Waals surface area contributed by atoms with E-state index in [9.17, 15) is 4.79 Å². The molecule has 0 radical (unpaired) electrons. The molecule has 2 unspecified atom stereocenters. The van der Waals surface area contributed by atoms with Gasteiger partial charge in [-0.2, -0.15) is 11.8 Å². The van der Waals surface area contributed by atoms with E-state index in [0.717, 1.165) is 12.8 Å². The summed E-state index contributed by atoms with van der Waals surface area (Å²) >= 11 is 2.00. The topological polar surface area (TPSA) is 52.3 Å². The molecule has 2 fully saturated rings. The minimum Gasteiger partial charge on any atom is -0.468 e. The maximum atomic E-state index is 11.6. The van der Waals surface area contributed by atoms with Crippen LogP contribution in [-0.4, -0.2) is 29.6 Å². The third-order valence-electron chi connectivity index (χ3n) is 4.32. The average Bonchev–Trinajstić information content (AvgIpc) is 2.96. The van der Waals surface area contributed by atoms with Crippen molar-refractivity contribution in [2.75, 3.05) is 12.9 Å². The SMILES string of the molecule is COC(=O)C(N)C1(C2CCSC2(C)C)CC1. The Morgan fingerprint density at radius 1 is 1.50 bits per heavy atom. The molecule has 4 heteroatoms. The van der Waals surface area contributed by atoms with Gasteiger partial charge < -0.3 is 10.5 Å². The van der Waals surface area contributed by atoms with Gasteiger partial charge in [0.05, 0.1) is 7.11 Å². The zero-order valence-electron chi connectivity index (χ0n) is 10.3. The summed E-state index contributed by atoms with van der Waals surface area (Å²) in [5.74, 6) is 1.50. The van der Waals surface area contributed by atoms with Gasteiger partial charge in [0.1, 0.15) is 6.04 Å². The molecule has 2 N–H and O–H groups in total. The molecule has 92 valence electrons. The predicted molar refractivity (Wildman–Crippen MR) is 66.3 cm³/mol. The molecule has 3 nitrogen and oxygen atoms in total. The summed E-state index contributed by atoms with van der Waals surface area (Å²) in [6.07, 6.45) is 3.35. The van der Waals surface area contributed by atoms with Gasteiger partial charge in [-0.05, 0) is 30.9 Å². The Morgan fingerprint density at radius 3 is 2.50 bits per heavy atom. The lowest BCUT2D eigenvalue weighted by Gasteiger charge is -2.36. The second-order valence-electron chi connectivity index (χ2n) is 5.53. The number of esters is 1. The van der Waals surface area contributed by atoms with Crippen LogP contribution >= 0.6 is 11.8 Å². The van der Waals surface area contributed by atoms with Crippen LogP contribution in [0.3, 0.4) is 0 Å². The van der Waals surface area contributed by atoms with E-state index in [1.54, 1.807) is 0 Å². The Labute approximate surface area is 101 Å². The van der Waals surface area contributed by atoms with E-state index < -0.39 is 6.04 Å². The number of carbonyl (C=O) groups excluding carboxylic acids is 1. The molecule has 1 heterocycles. The second kappa shape index (κ2) is 3.91. The van der Waals surface area contributed by atoms with E-state index in [4.69, 9.17) is 10.5 Å². The monoisotopic (exact) mass is 243 g/mol. The lowest BCUT2D eigenvalue weighted by Crippen LogP contribution is -2.47. The Hall–Kier alpha value is -0.220. The number of thioether (sulfide) groups is 1. The smallest absolute Gasteiger partial charge is 0.323 e. The molecule has 2 atom stereocenters. The van der Waals surface area contributed by atoms with Crippen molar-refractivity contribution < 1.29 is 9.53 Å². The normalized spacial score (nSPS) is 32.1. The first-order chi connectivity index (χ1) is 7.44. The molecule has 0 bridgehead atoms. The first kappa shape index (κ1) is 12.2. The van der Waals surface area contributed by atoms with Crippen LogP contribution in [0, 0.1) is 11.3 Å². The molecule has 0 aromatic rings. The zero-order valence-corrected chi connectivity index (χ0v) is 11.1. The van der Waals surface area contributed by atoms with E-state index in [-0.39, 0.29) is 16.1 Å². The van der Waals surface area contributed by atoms with Gasteiger partial charge in [0.2, 0.25) is 0 Å². The molecular weight excluding hydrogens is 222 g/mol. The molecule has 0 aromatic heterocycles. The number of methoxy groups -OCH3 is 1. The molecule has 1 aliphatic carbocycles. The Morgan fingerprint density at radius 2 is 2.12 bits per heavy atom. The summed E-state index contributed by atoms with van der Waals surface area (Å²) < 4.78 is 5.05. The van der Waals surface area contributed by atoms with Crippen LogP contribution in [0.25, 0.3) is 0 Å². The van der Waals surface area contributed by atoms with Crippen molar-refractivity contribution in [1.29, 1.82) is 0 Å². The standard InChI is InChI=1S/C12H21NO2S/c1-11(2)8(4-7-16-11)12(5-6-12)9(13)10(14)15-3/h8-9H,4-7,13H2,1-3H3. The largest absolute Gasteiger partial charge is 0.468 e. The van der Waals surface area contributed by atoms with Gasteiger partial charge in [-0.3, -0.25) is 4.79 Å². The maximum Gasteiger partial charge on any atom is 0.323 e. The van der Waals surface area contributed by atoms with Crippen LogP contribution in [0.4, 0.5) is 0 Å². The van der Waals surface area contributed by atoms with Gasteiger partial charge in [0.25, 0.3) is 0 Å². The van der Waals surface area contributed by atoms with Gasteiger partial charge >= 0.3 is 5.97 Å². The third-order valence-corrected chi connectivity index (χ3v) is 5.78. The number of nitrogens with two attached hydrogens (primary N) is 1. The number of hydrogen-bond donors (Lipinski definition) is 1. The van der Waals surface area contributed by atoms with Crippen molar-refractivity contribution in [2.45, 2.75) is 43.9 Å². The maximum absolute atomic E-state index is 11.6. The molecule has 1 aliphatic heterocycles. The highest BCUT2D eigenvalue weighted by atomic mass is 32.2. The fourth-order valence-corrected chi connectivity index (χ4v) is 4.68. The van der Waals surface area contributed by atoms with Crippen LogP contribution < -0.4 is 5.73 Å². The summed E-state index contributed by atoms with van der Waals surface area (Å²) in [5.41, 5.74) is 6.11. The highest BCUT2D eigenvalue weighted by Gasteiger charge is 2.61. The molecule has 2 rings (SSSR count). The van der Waals surface area contributed by atoms with Crippen molar-refractivity contribution in [2.24, 2.45) is 17.1 Å². The van der Waals surface area contributed by atoms with Crippen molar-refractivity contribution in [3.05, 3.63) is 0 Å². The van der Waals surface area contributed by atoms with E-state index in [0.29, 0.717) is 5.92 Å². The van der Waals surface area contributed by atoms with E-state index >= 15 is 0 Å². The summed E-state index contributed by atoms with van der Waals surface area (Å²) in [6.45, 7) is 4.55. The number of rotatable bonds is 3. The molecule has 16 heavy (non-hydrogen) atoms. The van der Waals surface area contributed by atoms with E-state index in [2.05, 4.69) is 13.8 Å². The van der Waals surface area contributed by atoms with Crippen molar-refractivity contribution in [1.82, 2.24) is 0 Å². The summed E-state index contributed by atoms with van der Waals surface area (Å²) in [6, 6.07) is -0.430. The van der Waals surface area contributed by atoms with Crippen molar-refractivity contribution in [3.63, 3.8) is 0 Å². The van der Waals surface area contributed by atoms with Gasteiger partial charge in [0.15, 0.2) is 0 Å². The second-order valence-corrected chi connectivity index (χ2v) is 7.28. The van der Waals surface area contributed by atoms with Crippen LogP contribution in [0.5, 0.6) is 0 Å². The van der Waals surface area contributed by atoms with Crippen LogP contribution in [-0.2, 0) is 9.53 Å². The minimum absolute atomic E-state index is 0.0279. The first-order valence-corrected chi connectivity index (χ1v) is 6.90. The predicted octanol–water partition coefficient (Wildman–Crippen LogP) is 1.80. The number of carbonyl (C=O) groups is 1. The van der Waals surface area contributed by atoms with E-state index in [1.807, 2.05) is 11.8 Å². The first-order valence-electron chi connectivity index (χ1n) is 5.91. The molecule has 2 aliphatic rings. The molecule has 0 aromatic carbocycles. The van der Waals surface area contributed by atoms with Gasteiger partial charge in [-0.25, -0.2) is 0 Å². The van der Waals surface area contributed by atoms with Gasteiger partial charge in [-0.15, -0.1) is 0 Å². The molecular formula is C12H21NO2S. The van der Waals surface area contributed by atoms with E-state index in [1.165, 1.54) is 19.3 Å². The highest BCUT2D eigenvalue weighted by molar-refractivity contribution is 8.00. The summed E-state index contributed by atoms with van der Waals surface area (Å²) in [5, 5.41) is 0. The Bertz CT molecular complexity index is 299. The average molecular weight is 243 g/mol. The van der Waals surface area contributed by atoms with Gasteiger partial charge in [0, 0.05) is 10.2 Å². The molecule has 1 saturated heterocycles. The minimum atomic E-state index is -0.430. The number of hydrogen-bond acceptors (Lipinski definition) is 4. The zero-order chi connectivity index (χ0) is 12.0. The molecule has 0 amide bonds. The summed E-state index contributed by atoms with van der Waals surface area (Å²) in [7, 11) is 1.42. The highest BCUT2D eigenvalue weighted by Crippen LogP contribution is 2.63. The van der Waals surface area contributed by atoms with Crippen molar-refractivity contribution in [3.8, 4) is 0 Å². The molecule has 0 spiro atoms. The Kier molecular flexibility index (Phi) is 2.99. The van der Waals surface area contributed by atoms with Crippen molar-refractivity contribution >= 4 is 17.7 Å². The van der Waals surface area contributed by atoms with Crippen LogP contribution in [0.1, 0.15) is 33.1 Å². The Balaban J connectivity index is 2.17. The fraction of sp³-hybridized carbons (Fsp3) is 0.917. The van der Waals surface area contributed by atoms with Crippen LogP contribution in [0.2, 0.25) is 0 Å². The van der Waals surface area contributed by atoms with Crippen LogP contribution in [0.15, 0.2) is 0 Å². The quantitative estimate of drug-likeness (QED) is 0.768.